The topological polar surface area (TPSA) is 69.6 Å². The van der Waals surface area contributed by atoms with E-state index >= 15 is 0 Å². The van der Waals surface area contributed by atoms with Crippen molar-refractivity contribution in [1.29, 1.82) is 0 Å². The van der Waals surface area contributed by atoms with E-state index in [2.05, 4.69) is 82.8 Å². The summed E-state index contributed by atoms with van der Waals surface area (Å²) >= 11 is 0. The van der Waals surface area contributed by atoms with E-state index in [4.69, 9.17) is 14.7 Å². The molecule has 0 bridgehead atoms. The zero-order chi connectivity index (χ0) is 30.9. The van der Waals surface area contributed by atoms with Crippen molar-refractivity contribution in [2.75, 3.05) is 0 Å². The third kappa shape index (κ3) is 4.39. The van der Waals surface area contributed by atoms with E-state index < -0.39 is 0 Å². The third-order valence-electron chi connectivity index (χ3n) is 8.71. The zero-order valence-electron chi connectivity index (χ0n) is 25.1. The molecule has 0 aliphatic heterocycles. The van der Waals surface area contributed by atoms with Crippen molar-refractivity contribution in [3.8, 4) is 34.0 Å². The first-order chi connectivity index (χ1) is 23.3. The molecule has 10 aromatic rings. The van der Waals surface area contributed by atoms with Gasteiger partial charge >= 0.3 is 21.1 Å². The van der Waals surface area contributed by atoms with Crippen molar-refractivity contribution in [3.63, 3.8) is 0 Å². The van der Waals surface area contributed by atoms with E-state index in [9.17, 15) is 0 Å². The normalized spacial score (nSPS) is 11.6. The third-order valence-corrected chi connectivity index (χ3v) is 8.71. The molecule has 48 heavy (non-hydrogen) atoms. The van der Waals surface area contributed by atoms with Gasteiger partial charge in [-0.3, -0.25) is 9.97 Å². The van der Waals surface area contributed by atoms with Crippen LogP contribution in [0.25, 0.3) is 77.4 Å². The molecule has 0 saturated carbocycles. The summed E-state index contributed by atoms with van der Waals surface area (Å²) < 4.78 is 10.4. The number of hydrogen-bond donors (Lipinski definition) is 0. The smallest absolute Gasteiger partial charge is 0.497 e. The monoisotopic (exact) mass is 797 g/mol. The fraction of sp³-hybridized carbons (Fsp3) is 0. The number of pyridine rings is 4. The van der Waals surface area contributed by atoms with E-state index in [1.54, 1.807) is 12.4 Å². The molecule has 0 N–H and O–H groups in total. The molecule has 0 aliphatic rings. The van der Waals surface area contributed by atoms with Crippen LogP contribution in [0.3, 0.4) is 0 Å². The maximum absolute atomic E-state index is 6.41. The molecule has 4 aromatic carbocycles. The molecule has 0 aliphatic carbocycles. The minimum absolute atomic E-state index is 0. The van der Waals surface area contributed by atoms with E-state index in [-0.39, 0.29) is 21.1 Å². The van der Waals surface area contributed by atoms with Crippen LogP contribution in [0.2, 0.25) is 0 Å². The number of hydrogen-bond acceptors (Lipinski definition) is 5. The van der Waals surface area contributed by atoms with Gasteiger partial charge in [-0.1, -0.05) is 119 Å². The molecule has 7 nitrogen and oxygen atoms in total. The summed E-state index contributed by atoms with van der Waals surface area (Å²) in [7, 11) is 0. The number of imidazole rings is 2. The Morgan fingerprint density at radius 1 is 0.458 bits per heavy atom. The summed E-state index contributed by atoms with van der Waals surface area (Å²) in [6.45, 7) is 0. The maximum Gasteiger partial charge on any atom is 2.00 e. The fourth-order valence-electron chi connectivity index (χ4n) is 6.53. The molecule has 0 atom stereocenters. The van der Waals surface area contributed by atoms with Gasteiger partial charge in [-0.05, 0) is 22.9 Å². The molecule has 8 heteroatoms. The van der Waals surface area contributed by atoms with Gasteiger partial charge in [0.15, 0.2) is 0 Å². The molecule has 0 spiro atoms. The molecule has 228 valence electrons. The number of aromatic nitrogens is 6. The van der Waals surface area contributed by atoms with Crippen LogP contribution in [0.15, 0.2) is 134 Å². The van der Waals surface area contributed by atoms with E-state index in [1.165, 1.54) is 0 Å². The minimum Gasteiger partial charge on any atom is -0.497 e. The van der Waals surface area contributed by atoms with Gasteiger partial charge in [0.2, 0.25) is 0 Å². The Balaban J connectivity index is 0.00000314. The Hall–Kier alpha value is -5.91. The summed E-state index contributed by atoms with van der Waals surface area (Å²) in [5.41, 5.74) is 7.19. The number of rotatable bonds is 4. The Kier molecular flexibility index (Phi) is 6.56. The summed E-state index contributed by atoms with van der Waals surface area (Å²) in [5.74, 6) is 1.14. The van der Waals surface area contributed by atoms with Crippen LogP contribution in [0.1, 0.15) is 0 Å². The van der Waals surface area contributed by atoms with E-state index in [0.717, 1.165) is 77.4 Å². The number of nitrogens with zero attached hydrogens (tertiary/aromatic N) is 6. The van der Waals surface area contributed by atoms with Crippen LogP contribution in [0, 0.1) is 12.1 Å². The maximum atomic E-state index is 6.41. The van der Waals surface area contributed by atoms with Gasteiger partial charge in [-0.15, -0.1) is 12.1 Å². The Labute approximate surface area is 288 Å². The first-order valence-corrected chi connectivity index (χ1v) is 15.3. The van der Waals surface area contributed by atoms with Gasteiger partial charge in [-0.2, -0.15) is 0 Å². The predicted molar refractivity (Wildman–Crippen MR) is 185 cm³/mol. The molecular formula is C40H22N6OPt. The van der Waals surface area contributed by atoms with Gasteiger partial charge in [0.25, 0.3) is 0 Å². The number of benzene rings is 4. The van der Waals surface area contributed by atoms with Crippen molar-refractivity contribution < 1.29 is 25.8 Å². The number of fused-ring (bicyclic) bond motifs is 12. The second-order valence-electron chi connectivity index (χ2n) is 11.4. The molecule has 0 fully saturated rings. The van der Waals surface area contributed by atoms with Gasteiger partial charge < -0.3 is 13.5 Å². The summed E-state index contributed by atoms with van der Waals surface area (Å²) in [4.78, 5) is 19.4. The predicted octanol–water partition coefficient (Wildman–Crippen LogP) is 9.11. The Bertz CT molecular complexity index is 2630. The zero-order valence-corrected chi connectivity index (χ0v) is 27.4. The molecule has 6 heterocycles. The SMILES string of the molecule is [Pt+2].[c-]1c(Oc2[c-]c3c(cc2)c2ccc(-c4ccccc4)nc2n2ccnc32)ccc2c1c1nccn1c1nc(-c3ccccc3)ccc21. The van der Waals surface area contributed by atoms with Crippen molar-refractivity contribution in [1.82, 2.24) is 28.7 Å². The summed E-state index contributed by atoms with van der Waals surface area (Å²) in [6, 6.07) is 43.7. The first-order valence-electron chi connectivity index (χ1n) is 15.3. The van der Waals surface area contributed by atoms with Crippen LogP contribution in [-0.4, -0.2) is 28.7 Å². The standard InChI is InChI=1S/C40H22N6O.Pt/c1-3-7-25(8-4-1)35-17-15-31-29-13-11-27(23-33(29)37-41-19-21-45(37)39(31)43-35)47-28-12-14-30-32-16-18-36(26-9-5-2-6-10-26)44-40(32)46-22-20-42-38(46)34(30)24-28;/h1-22H;/q-2;+2. The Morgan fingerprint density at radius 2 is 0.896 bits per heavy atom. The molecule has 0 saturated heterocycles. The van der Waals surface area contributed by atoms with Gasteiger partial charge in [0, 0.05) is 47.4 Å². The molecule has 0 amide bonds. The second kappa shape index (κ2) is 11.1. The molecule has 6 aromatic heterocycles. The van der Waals surface area contributed by atoms with Crippen LogP contribution < -0.4 is 4.74 Å². The van der Waals surface area contributed by atoms with Crippen LogP contribution in [-0.2, 0) is 21.1 Å². The Morgan fingerprint density at radius 3 is 1.35 bits per heavy atom. The van der Waals surface area contributed by atoms with Crippen molar-refractivity contribution in [2.45, 2.75) is 0 Å². The molecular weight excluding hydrogens is 776 g/mol. The van der Waals surface area contributed by atoms with Crippen LogP contribution >= 0.6 is 0 Å². The van der Waals surface area contributed by atoms with Gasteiger partial charge in [-0.25, -0.2) is 9.97 Å². The average molecular weight is 798 g/mol. The minimum atomic E-state index is 0. The molecule has 0 unspecified atom stereocenters. The second-order valence-corrected chi connectivity index (χ2v) is 11.4. The number of ether oxygens (including phenoxy) is 1. The van der Waals surface area contributed by atoms with Gasteiger partial charge in [0.1, 0.15) is 11.3 Å². The summed E-state index contributed by atoms with van der Waals surface area (Å²) in [5, 5.41) is 5.77. The molecule has 10 rings (SSSR count). The first kappa shape index (κ1) is 28.3. The average Bonchev–Trinajstić information content (AvgIpc) is 3.84. The molecule has 0 radical (unpaired) electrons. The fourth-order valence-corrected chi connectivity index (χ4v) is 6.53. The van der Waals surface area contributed by atoms with E-state index in [0.29, 0.717) is 11.5 Å². The van der Waals surface area contributed by atoms with Crippen LogP contribution in [0.5, 0.6) is 11.5 Å². The van der Waals surface area contributed by atoms with E-state index in [1.807, 2.05) is 69.7 Å². The van der Waals surface area contributed by atoms with Crippen molar-refractivity contribution in [3.05, 3.63) is 146 Å². The van der Waals surface area contributed by atoms with Crippen molar-refractivity contribution in [2.24, 2.45) is 0 Å². The van der Waals surface area contributed by atoms with Crippen molar-refractivity contribution >= 4 is 54.9 Å². The van der Waals surface area contributed by atoms with Crippen LogP contribution in [0.4, 0.5) is 0 Å². The quantitative estimate of drug-likeness (QED) is 0.131. The largest absolute Gasteiger partial charge is 2.00 e. The van der Waals surface area contributed by atoms with Gasteiger partial charge in [0.05, 0.1) is 22.7 Å². The summed E-state index contributed by atoms with van der Waals surface area (Å²) in [6.07, 6.45) is 7.47.